The SMILES string of the molecule is CC(C)(CN)CN1CCCc2ccccc2C1. The average molecular weight is 232 g/mol. The number of nitrogens with zero attached hydrogens (tertiary/aromatic N) is 1. The Bertz CT molecular complexity index is 371. The van der Waals surface area contributed by atoms with Gasteiger partial charge in [0, 0.05) is 13.1 Å². The van der Waals surface area contributed by atoms with Crippen molar-refractivity contribution >= 4 is 0 Å². The molecular formula is C15H24N2. The average Bonchev–Trinajstić information content (AvgIpc) is 2.50. The van der Waals surface area contributed by atoms with Crippen molar-refractivity contribution in [3.05, 3.63) is 35.4 Å². The van der Waals surface area contributed by atoms with E-state index in [1.165, 1.54) is 30.5 Å². The maximum absolute atomic E-state index is 5.83. The molecule has 0 atom stereocenters. The van der Waals surface area contributed by atoms with Crippen molar-refractivity contribution in [2.24, 2.45) is 11.1 Å². The number of nitrogens with two attached hydrogens (primary N) is 1. The van der Waals surface area contributed by atoms with Crippen molar-refractivity contribution in [3.8, 4) is 0 Å². The van der Waals surface area contributed by atoms with Gasteiger partial charge in [0.15, 0.2) is 0 Å². The maximum Gasteiger partial charge on any atom is 0.0236 e. The summed E-state index contributed by atoms with van der Waals surface area (Å²) in [4.78, 5) is 2.55. The highest BCUT2D eigenvalue weighted by molar-refractivity contribution is 5.28. The van der Waals surface area contributed by atoms with Gasteiger partial charge >= 0.3 is 0 Å². The summed E-state index contributed by atoms with van der Waals surface area (Å²) in [6.45, 7) is 8.63. The summed E-state index contributed by atoms with van der Waals surface area (Å²) < 4.78 is 0. The Balaban J connectivity index is 2.08. The van der Waals surface area contributed by atoms with Crippen LogP contribution in [0, 0.1) is 5.41 Å². The highest BCUT2D eigenvalue weighted by atomic mass is 15.1. The first-order valence-electron chi connectivity index (χ1n) is 6.60. The third kappa shape index (κ3) is 3.30. The van der Waals surface area contributed by atoms with Gasteiger partial charge in [0.25, 0.3) is 0 Å². The first-order valence-corrected chi connectivity index (χ1v) is 6.60. The summed E-state index contributed by atoms with van der Waals surface area (Å²) in [5.74, 6) is 0. The van der Waals surface area contributed by atoms with Crippen LogP contribution in [0.4, 0.5) is 0 Å². The van der Waals surface area contributed by atoms with Crippen molar-refractivity contribution in [2.45, 2.75) is 33.2 Å². The quantitative estimate of drug-likeness (QED) is 0.867. The van der Waals surface area contributed by atoms with Crippen LogP contribution in [0.5, 0.6) is 0 Å². The van der Waals surface area contributed by atoms with E-state index in [0.29, 0.717) is 0 Å². The van der Waals surface area contributed by atoms with Gasteiger partial charge < -0.3 is 5.73 Å². The van der Waals surface area contributed by atoms with Gasteiger partial charge in [0.2, 0.25) is 0 Å². The predicted molar refractivity (Wildman–Crippen MR) is 72.9 cm³/mol. The monoisotopic (exact) mass is 232 g/mol. The standard InChI is InChI=1S/C15H24N2/c1-15(2,11-16)12-17-9-5-8-13-6-3-4-7-14(13)10-17/h3-4,6-7H,5,8-12,16H2,1-2H3. The van der Waals surface area contributed by atoms with Crippen molar-refractivity contribution in [1.29, 1.82) is 0 Å². The molecular weight excluding hydrogens is 208 g/mol. The lowest BCUT2D eigenvalue weighted by atomic mass is 9.93. The molecule has 0 aromatic heterocycles. The summed E-state index contributed by atoms with van der Waals surface area (Å²) >= 11 is 0. The van der Waals surface area contributed by atoms with Crippen LogP contribution >= 0.6 is 0 Å². The van der Waals surface area contributed by atoms with E-state index >= 15 is 0 Å². The predicted octanol–water partition coefficient (Wildman–Crippen LogP) is 2.42. The molecule has 0 unspecified atom stereocenters. The van der Waals surface area contributed by atoms with Crippen LogP contribution in [-0.2, 0) is 13.0 Å². The third-order valence-electron chi connectivity index (χ3n) is 3.64. The topological polar surface area (TPSA) is 29.3 Å². The van der Waals surface area contributed by atoms with Gasteiger partial charge in [0.1, 0.15) is 0 Å². The minimum atomic E-state index is 0.222. The minimum absolute atomic E-state index is 0.222. The molecule has 1 heterocycles. The van der Waals surface area contributed by atoms with E-state index < -0.39 is 0 Å². The van der Waals surface area contributed by atoms with Gasteiger partial charge in [0.05, 0.1) is 0 Å². The number of hydrogen-bond donors (Lipinski definition) is 1. The molecule has 2 N–H and O–H groups in total. The summed E-state index contributed by atoms with van der Waals surface area (Å²) in [7, 11) is 0. The molecule has 1 aromatic rings. The second-order valence-corrected chi connectivity index (χ2v) is 5.95. The molecule has 0 amide bonds. The van der Waals surface area contributed by atoms with Crippen molar-refractivity contribution in [1.82, 2.24) is 4.90 Å². The Labute approximate surface area is 105 Å². The van der Waals surface area contributed by atoms with Gasteiger partial charge in [-0.05, 0) is 42.5 Å². The highest BCUT2D eigenvalue weighted by Crippen LogP contribution is 2.22. The summed E-state index contributed by atoms with van der Waals surface area (Å²) in [6.07, 6.45) is 2.48. The summed E-state index contributed by atoms with van der Waals surface area (Å²) in [6, 6.07) is 8.84. The van der Waals surface area contributed by atoms with Crippen LogP contribution in [0.25, 0.3) is 0 Å². The molecule has 1 aliphatic rings. The largest absolute Gasteiger partial charge is 0.330 e. The first kappa shape index (κ1) is 12.6. The zero-order valence-electron chi connectivity index (χ0n) is 11.1. The minimum Gasteiger partial charge on any atom is -0.330 e. The molecule has 17 heavy (non-hydrogen) atoms. The molecule has 1 aliphatic heterocycles. The van der Waals surface area contributed by atoms with Crippen LogP contribution in [0.1, 0.15) is 31.4 Å². The van der Waals surface area contributed by atoms with Crippen LogP contribution in [0.15, 0.2) is 24.3 Å². The van der Waals surface area contributed by atoms with Crippen molar-refractivity contribution < 1.29 is 0 Å². The zero-order valence-corrected chi connectivity index (χ0v) is 11.1. The van der Waals surface area contributed by atoms with Gasteiger partial charge in [-0.2, -0.15) is 0 Å². The Morgan fingerprint density at radius 3 is 2.65 bits per heavy atom. The van der Waals surface area contributed by atoms with E-state index in [1.807, 2.05) is 0 Å². The van der Waals surface area contributed by atoms with E-state index in [1.54, 1.807) is 0 Å². The highest BCUT2D eigenvalue weighted by Gasteiger charge is 2.22. The van der Waals surface area contributed by atoms with Crippen molar-refractivity contribution in [2.75, 3.05) is 19.6 Å². The van der Waals surface area contributed by atoms with E-state index in [4.69, 9.17) is 5.73 Å². The summed E-state index contributed by atoms with van der Waals surface area (Å²) in [5.41, 5.74) is 9.08. The molecule has 2 rings (SSSR count). The normalized spacial score (nSPS) is 17.6. The van der Waals surface area contributed by atoms with E-state index in [9.17, 15) is 0 Å². The van der Waals surface area contributed by atoms with E-state index in [2.05, 4.69) is 43.0 Å². The molecule has 1 aromatic carbocycles. The van der Waals surface area contributed by atoms with Crippen molar-refractivity contribution in [3.63, 3.8) is 0 Å². The molecule has 94 valence electrons. The summed E-state index contributed by atoms with van der Waals surface area (Å²) in [5, 5.41) is 0. The molecule has 0 spiro atoms. The van der Waals surface area contributed by atoms with E-state index in [-0.39, 0.29) is 5.41 Å². The molecule has 0 saturated carbocycles. The molecule has 2 heteroatoms. The third-order valence-corrected chi connectivity index (χ3v) is 3.64. The lowest BCUT2D eigenvalue weighted by Gasteiger charge is -2.31. The number of hydrogen-bond acceptors (Lipinski definition) is 2. The fourth-order valence-corrected chi connectivity index (χ4v) is 2.57. The van der Waals surface area contributed by atoms with Crippen LogP contribution in [0.3, 0.4) is 0 Å². The van der Waals surface area contributed by atoms with Gasteiger partial charge in [-0.15, -0.1) is 0 Å². The number of rotatable bonds is 3. The lowest BCUT2D eigenvalue weighted by Crippen LogP contribution is -2.38. The molecule has 0 radical (unpaired) electrons. The molecule has 0 saturated heterocycles. The fourth-order valence-electron chi connectivity index (χ4n) is 2.57. The Kier molecular flexibility index (Phi) is 3.85. The Hall–Kier alpha value is -0.860. The van der Waals surface area contributed by atoms with Crippen LogP contribution in [0.2, 0.25) is 0 Å². The first-order chi connectivity index (χ1) is 8.11. The Morgan fingerprint density at radius 1 is 1.24 bits per heavy atom. The number of fused-ring (bicyclic) bond motifs is 1. The second kappa shape index (κ2) is 5.19. The van der Waals surface area contributed by atoms with Gasteiger partial charge in [-0.25, -0.2) is 0 Å². The second-order valence-electron chi connectivity index (χ2n) is 5.95. The zero-order chi connectivity index (χ0) is 12.3. The molecule has 0 bridgehead atoms. The van der Waals surface area contributed by atoms with Gasteiger partial charge in [-0.1, -0.05) is 38.1 Å². The molecule has 0 fully saturated rings. The van der Waals surface area contributed by atoms with Crippen LogP contribution in [-0.4, -0.2) is 24.5 Å². The van der Waals surface area contributed by atoms with E-state index in [0.717, 1.165) is 19.6 Å². The smallest absolute Gasteiger partial charge is 0.0236 e. The number of benzene rings is 1. The van der Waals surface area contributed by atoms with Gasteiger partial charge in [-0.3, -0.25) is 4.90 Å². The fraction of sp³-hybridized carbons (Fsp3) is 0.600. The lowest BCUT2D eigenvalue weighted by molar-refractivity contribution is 0.178. The molecule has 0 aliphatic carbocycles. The maximum atomic E-state index is 5.83. The molecule has 2 nitrogen and oxygen atoms in total. The van der Waals surface area contributed by atoms with Crippen LogP contribution < -0.4 is 5.73 Å². The Morgan fingerprint density at radius 2 is 1.94 bits per heavy atom. The number of aryl methyl sites for hydroxylation is 1.